The lowest BCUT2D eigenvalue weighted by Gasteiger charge is -2.16. The van der Waals surface area contributed by atoms with Gasteiger partial charge >= 0.3 is 0 Å². The van der Waals surface area contributed by atoms with E-state index in [0.29, 0.717) is 18.4 Å². The van der Waals surface area contributed by atoms with Crippen LogP contribution in [0.4, 0.5) is 0 Å². The van der Waals surface area contributed by atoms with Crippen molar-refractivity contribution in [1.29, 1.82) is 0 Å². The van der Waals surface area contributed by atoms with Gasteiger partial charge in [0.2, 0.25) is 5.91 Å². The van der Waals surface area contributed by atoms with E-state index in [9.17, 15) is 4.79 Å². The molecule has 1 aromatic carbocycles. The molecule has 0 saturated carbocycles. The van der Waals surface area contributed by atoms with Gasteiger partial charge in [-0.3, -0.25) is 14.7 Å². The Bertz CT molecular complexity index is 937. The second-order valence-electron chi connectivity index (χ2n) is 7.35. The van der Waals surface area contributed by atoms with Gasteiger partial charge in [0.05, 0.1) is 11.4 Å². The third kappa shape index (κ3) is 3.13. The van der Waals surface area contributed by atoms with Crippen molar-refractivity contribution in [3.63, 3.8) is 0 Å². The van der Waals surface area contributed by atoms with Crippen LogP contribution in [0.5, 0.6) is 0 Å². The Morgan fingerprint density at radius 1 is 1.07 bits per heavy atom. The molecule has 6 heteroatoms. The van der Waals surface area contributed by atoms with Crippen LogP contribution in [0.2, 0.25) is 0 Å². The van der Waals surface area contributed by atoms with Crippen LogP contribution in [-0.4, -0.2) is 44.7 Å². The van der Waals surface area contributed by atoms with E-state index < -0.39 is 0 Å². The van der Waals surface area contributed by atoms with Gasteiger partial charge < -0.3 is 5.32 Å². The number of nitrogens with one attached hydrogen (secondary N) is 1. The number of benzene rings is 1. The first kappa shape index (κ1) is 16.2. The van der Waals surface area contributed by atoms with Crippen molar-refractivity contribution in [2.45, 2.75) is 19.0 Å². The smallest absolute Gasteiger partial charge is 0.220 e. The van der Waals surface area contributed by atoms with Gasteiger partial charge in [0.25, 0.3) is 0 Å². The summed E-state index contributed by atoms with van der Waals surface area (Å²) in [5.74, 6) is 0.630. The molecule has 0 spiro atoms. The molecule has 0 unspecified atom stereocenters. The van der Waals surface area contributed by atoms with Gasteiger partial charge in [0, 0.05) is 67.7 Å². The fourth-order valence-electron chi connectivity index (χ4n) is 4.20. The quantitative estimate of drug-likeness (QED) is 0.776. The summed E-state index contributed by atoms with van der Waals surface area (Å²) in [6.45, 7) is 2.69. The molecule has 3 aromatic rings. The number of carbonyl (C=O) groups is 1. The predicted octanol–water partition coefficient (Wildman–Crippen LogP) is 2.25. The van der Waals surface area contributed by atoms with Crippen LogP contribution >= 0.6 is 0 Å². The van der Waals surface area contributed by atoms with E-state index in [1.165, 1.54) is 5.56 Å². The highest BCUT2D eigenvalue weighted by Crippen LogP contribution is 2.29. The maximum atomic E-state index is 11.6. The number of aromatic nitrogens is 3. The van der Waals surface area contributed by atoms with E-state index in [1.54, 1.807) is 12.4 Å². The Labute approximate surface area is 157 Å². The van der Waals surface area contributed by atoms with Crippen LogP contribution in [0.1, 0.15) is 12.0 Å². The van der Waals surface area contributed by atoms with E-state index >= 15 is 0 Å². The summed E-state index contributed by atoms with van der Waals surface area (Å²) >= 11 is 0. The Balaban J connectivity index is 1.46. The number of carbonyl (C=O) groups excluding carboxylic acids is 1. The molecule has 136 valence electrons. The zero-order valence-electron chi connectivity index (χ0n) is 15.0. The van der Waals surface area contributed by atoms with Crippen molar-refractivity contribution in [3.05, 3.63) is 66.6 Å². The van der Waals surface area contributed by atoms with Gasteiger partial charge in [-0.2, -0.15) is 5.10 Å². The molecule has 27 heavy (non-hydrogen) atoms. The van der Waals surface area contributed by atoms with E-state index in [1.807, 2.05) is 35.0 Å². The molecular weight excluding hydrogens is 338 g/mol. The first-order valence-corrected chi connectivity index (χ1v) is 9.32. The van der Waals surface area contributed by atoms with Crippen LogP contribution in [0.25, 0.3) is 16.9 Å². The summed E-state index contributed by atoms with van der Waals surface area (Å²) in [6.07, 6.45) is 6.38. The minimum Gasteiger partial charge on any atom is -0.352 e. The maximum Gasteiger partial charge on any atom is 0.220 e. The van der Waals surface area contributed by atoms with E-state index in [-0.39, 0.29) is 5.91 Å². The zero-order chi connectivity index (χ0) is 18.2. The zero-order valence-corrected chi connectivity index (χ0v) is 15.0. The predicted molar refractivity (Wildman–Crippen MR) is 102 cm³/mol. The topological polar surface area (TPSA) is 63.1 Å². The number of pyridine rings is 1. The number of nitrogens with zero attached hydrogens (tertiary/aromatic N) is 4. The lowest BCUT2D eigenvalue weighted by molar-refractivity contribution is -0.119. The first-order chi connectivity index (χ1) is 13.3. The molecule has 0 bridgehead atoms. The summed E-state index contributed by atoms with van der Waals surface area (Å²) in [5, 5.41) is 7.97. The molecule has 1 N–H and O–H groups in total. The minimum atomic E-state index is 0.194. The normalized spacial score (nSPS) is 22.0. The van der Waals surface area contributed by atoms with Gasteiger partial charge in [-0.15, -0.1) is 0 Å². The molecule has 0 radical (unpaired) electrons. The van der Waals surface area contributed by atoms with Crippen molar-refractivity contribution in [3.8, 4) is 16.9 Å². The van der Waals surface area contributed by atoms with Gasteiger partial charge in [-0.25, -0.2) is 4.68 Å². The SMILES string of the molecule is O=C1C[C@H]2CN(Cc3cn(-c4ccccc4)nc3-c3ccncc3)C[C@H]2N1. The molecule has 2 atom stereocenters. The number of hydrogen-bond acceptors (Lipinski definition) is 4. The van der Waals surface area contributed by atoms with Gasteiger partial charge in [0.1, 0.15) is 0 Å². The molecule has 2 aromatic heterocycles. The van der Waals surface area contributed by atoms with Crippen LogP contribution < -0.4 is 5.32 Å². The van der Waals surface area contributed by atoms with Crippen LogP contribution in [0.15, 0.2) is 61.1 Å². The van der Waals surface area contributed by atoms with Crippen LogP contribution in [-0.2, 0) is 11.3 Å². The average Bonchev–Trinajstić information content (AvgIpc) is 3.36. The summed E-state index contributed by atoms with van der Waals surface area (Å²) in [6, 6.07) is 14.5. The van der Waals surface area contributed by atoms with Crippen LogP contribution in [0.3, 0.4) is 0 Å². The van der Waals surface area contributed by atoms with Crippen molar-refractivity contribution in [2.75, 3.05) is 13.1 Å². The fourth-order valence-corrected chi connectivity index (χ4v) is 4.20. The van der Waals surface area contributed by atoms with E-state index in [0.717, 1.165) is 36.6 Å². The molecule has 2 aliphatic rings. The highest BCUT2D eigenvalue weighted by molar-refractivity contribution is 5.79. The number of fused-ring (bicyclic) bond motifs is 1. The molecule has 5 rings (SSSR count). The molecule has 2 fully saturated rings. The molecule has 2 saturated heterocycles. The van der Waals surface area contributed by atoms with E-state index in [2.05, 4.69) is 33.5 Å². The van der Waals surface area contributed by atoms with Gasteiger partial charge in [-0.1, -0.05) is 18.2 Å². The second-order valence-corrected chi connectivity index (χ2v) is 7.35. The largest absolute Gasteiger partial charge is 0.352 e. The number of rotatable bonds is 4. The number of hydrogen-bond donors (Lipinski definition) is 1. The Morgan fingerprint density at radius 2 is 1.89 bits per heavy atom. The molecule has 4 heterocycles. The summed E-state index contributed by atoms with van der Waals surface area (Å²) in [5.41, 5.74) is 4.30. The Kier molecular flexibility index (Phi) is 3.98. The van der Waals surface area contributed by atoms with Gasteiger partial charge in [-0.05, 0) is 24.3 Å². The standard InChI is InChI=1S/C21H21N5O/c27-20-10-16-11-25(14-19(16)23-20)12-17-13-26(18-4-2-1-3-5-18)24-21(17)15-6-8-22-9-7-15/h1-9,13,16,19H,10-12,14H2,(H,23,27)/t16-,19+/m0/s1. The number of likely N-dealkylation sites (tertiary alicyclic amines) is 1. The van der Waals surface area contributed by atoms with Crippen molar-refractivity contribution in [2.24, 2.45) is 5.92 Å². The highest BCUT2D eigenvalue weighted by atomic mass is 16.2. The third-order valence-electron chi connectivity index (χ3n) is 5.47. The van der Waals surface area contributed by atoms with Crippen molar-refractivity contribution < 1.29 is 4.79 Å². The molecule has 2 aliphatic heterocycles. The van der Waals surface area contributed by atoms with E-state index in [4.69, 9.17) is 5.10 Å². The Morgan fingerprint density at radius 3 is 2.67 bits per heavy atom. The summed E-state index contributed by atoms with van der Waals surface area (Å²) in [7, 11) is 0. The molecule has 0 aliphatic carbocycles. The second kappa shape index (κ2) is 6.63. The monoisotopic (exact) mass is 359 g/mol. The average molecular weight is 359 g/mol. The molecule has 6 nitrogen and oxygen atoms in total. The van der Waals surface area contributed by atoms with Crippen molar-refractivity contribution in [1.82, 2.24) is 25.0 Å². The molecule has 1 amide bonds. The first-order valence-electron chi connectivity index (χ1n) is 9.32. The summed E-state index contributed by atoms with van der Waals surface area (Å²) < 4.78 is 1.95. The third-order valence-corrected chi connectivity index (χ3v) is 5.47. The summed E-state index contributed by atoms with van der Waals surface area (Å²) in [4.78, 5) is 18.1. The lowest BCUT2D eigenvalue weighted by Crippen LogP contribution is -2.32. The number of amides is 1. The number of para-hydroxylation sites is 1. The highest BCUT2D eigenvalue weighted by Gasteiger charge is 2.39. The minimum absolute atomic E-state index is 0.194. The van der Waals surface area contributed by atoms with Crippen LogP contribution in [0, 0.1) is 5.92 Å². The maximum absolute atomic E-state index is 11.6. The van der Waals surface area contributed by atoms with Crippen molar-refractivity contribution >= 4 is 5.91 Å². The molecular formula is C21H21N5O. The fraction of sp³-hybridized carbons (Fsp3) is 0.286. The Hall–Kier alpha value is -2.99. The van der Waals surface area contributed by atoms with Gasteiger partial charge in [0.15, 0.2) is 0 Å². The lowest BCUT2D eigenvalue weighted by atomic mass is 10.1.